The number of fused-ring (bicyclic) bond motifs is 1. The molecule has 0 aliphatic carbocycles. The molecule has 108 valence electrons. The molecule has 1 aromatic rings. The van der Waals surface area contributed by atoms with Gasteiger partial charge in [0.05, 0.1) is 11.6 Å². The van der Waals surface area contributed by atoms with E-state index in [9.17, 15) is 9.59 Å². The van der Waals surface area contributed by atoms with Crippen LogP contribution in [0.5, 0.6) is 0 Å². The van der Waals surface area contributed by atoms with Crippen molar-refractivity contribution in [3.63, 3.8) is 0 Å². The summed E-state index contributed by atoms with van der Waals surface area (Å²) in [6.45, 7) is 7.79. The largest absolute Gasteiger partial charge is 0.478 e. The minimum atomic E-state index is -0.962. The summed E-state index contributed by atoms with van der Waals surface area (Å²) < 4.78 is 5.37. The number of hydrogen-bond donors (Lipinski definition) is 1. The van der Waals surface area contributed by atoms with Gasteiger partial charge in [-0.15, -0.1) is 0 Å². The van der Waals surface area contributed by atoms with Crippen molar-refractivity contribution in [3.8, 4) is 0 Å². The number of hydrogen-bond acceptors (Lipinski definition) is 3. The van der Waals surface area contributed by atoms with Crippen molar-refractivity contribution in [2.45, 2.75) is 45.9 Å². The molecule has 1 aliphatic heterocycles. The second kappa shape index (κ2) is 4.81. The lowest BCUT2D eigenvalue weighted by atomic mass is 10.0. The number of rotatable bonds is 1. The van der Waals surface area contributed by atoms with E-state index < -0.39 is 11.6 Å². The van der Waals surface area contributed by atoms with Crippen LogP contribution in [0.2, 0.25) is 0 Å². The Morgan fingerprint density at radius 3 is 2.55 bits per heavy atom. The minimum Gasteiger partial charge on any atom is -0.478 e. The maximum absolute atomic E-state index is 12.1. The van der Waals surface area contributed by atoms with Gasteiger partial charge in [0.15, 0.2) is 0 Å². The van der Waals surface area contributed by atoms with E-state index in [1.165, 1.54) is 0 Å². The molecule has 20 heavy (non-hydrogen) atoms. The average Bonchev–Trinajstić information content (AvgIpc) is 2.64. The van der Waals surface area contributed by atoms with Crippen molar-refractivity contribution in [3.05, 3.63) is 34.9 Å². The van der Waals surface area contributed by atoms with Crippen LogP contribution in [0, 0.1) is 0 Å². The molecule has 0 saturated carbocycles. The number of ether oxygens (including phenoxy) is 1. The molecule has 5 heteroatoms. The van der Waals surface area contributed by atoms with Gasteiger partial charge in [-0.2, -0.15) is 0 Å². The highest BCUT2D eigenvalue weighted by atomic mass is 16.6. The highest BCUT2D eigenvalue weighted by molar-refractivity contribution is 5.88. The zero-order valence-corrected chi connectivity index (χ0v) is 12.1. The maximum atomic E-state index is 12.1. The average molecular weight is 277 g/mol. The topological polar surface area (TPSA) is 66.8 Å². The van der Waals surface area contributed by atoms with Crippen molar-refractivity contribution in [1.29, 1.82) is 0 Å². The third-order valence-corrected chi connectivity index (χ3v) is 3.28. The Labute approximate surface area is 118 Å². The van der Waals surface area contributed by atoms with Gasteiger partial charge in [0.25, 0.3) is 0 Å². The molecule has 1 aliphatic rings. The summed E-state index contributed by atoms with van der Waals surface area (Å²) in [7, 11) is 0. The van der Waals surface area contributed by atoms with Crippen molar-refractivity contribution >= 4 is 12.1 Å². The van der Waals surface area contributed by atoms with Crippen molar-refractivity contribution in [2.24, 2.45) is 0 Å². The summed E-state index contributed by atoms with van der Waals surface area (Å²) >= 11 is 0. The third-order valence-electron chi connectivity index (χ3n) is 3.28. The predicted molar refractivity (Wildman–Crippen MR) is 73.6 cm³/mol. The number of amides is 1. The molecule has 1 N–H and O–H groups in total. The molecule has 0 saturated heterocycles. The Bertz CT molecular complexity index is 559. The zero-order valence-electron chi connectivity index (χ0n) is 12.1. The van der Waals surface area contributed by atoms with Crippen LogP contribution in [-0.4, -0.2) is 27.7 Å². The van der Waals surface area contributed by atoms with Crippen LogP contribution < -0.4 is 0 Å². The second-order valence-electron chi connectivity index (χ2n) is 6.00. The number of carbonyl (C=O) groups excluding carboxylic acids is 1. The van der Waals surface area contributed by atoms with Crippen LogP contribution in [0.25, 0.3) is 0 Å². The van der Waals surface area contributed by atoms with Crippen molar-refractivity contribution in [1.82, 2.24) is 4.90 Å². The summed E-state index contributed by atoms with van der Waals surface area (Å²) in [5.41, 5.74) is 1.53. The summed E-state index contributed by atoms with van der Waals surface area (Å²) in [5.74, 6) is -0.962. The Morgan fingerprint density at radius 1 is 1.35 bits per heavy atom. The highest BCUT2D eigenvalue weighted by Gasteiger charge is 2.33. The van der Waals surface area contributed by atoms with E-state index in [0.717, 1.165) is 11.1 Å². The van der Waals surface area contributed by atoms with Crippen molar-refractivity contribution in [2.75, 3.05) is 0 Å². The van der Waals surface area contributed by atoms with Crippen LogP contribution in [0.1, 0.15) is 55.2 Å². The van der Waals surface area contributed by atoms with E-state index in [-0.39, 0.29) is 17.7 Å². The Kier molecular flexibility index (Phi) is 3.46. The summed E-state index contributed by atoms with van der Waals surface area (Å²) in [6, 6.07) is 4.78. The van der Waals surface area contributed by atoms with E-state index in [1.807, 2.05) is 27.7 Å². The van der Waals surface area contributed by atoms with Crippen molar-refractivity contribution < 1.29 is 19.4 Å². The molecule has 2 rings (SSSR count). The number of carboxylic acid groups (broad SMARTS) is 1. The molecule has 1 heterocycles. The lowest BCUT2D eigenvalue weighted by Gasteiger charge is -2.27. The highest BCUT2D eigenvalue weighted by Crippen LogP contribution is 2.34. The van der Waals surface area contributed by atoms with Gasteiger partial charge in [0.2, 0.25) is 0 Å². The fraction of sp³-hybridized carbons (Fsp3) is 0.467. The van der Waals surface area contributed by atoms with Gasteiger partial charge in [-0.1, -0.05) is 6.07 Å². The van der Waals surface area contributed by atoms with Gasteiger partial charge >= 0.3 is 12.1 Å². The normalized spacial score (nSPS) is 17.8. The van der Waals surface area contributed by atoms with Crippen LogP contribution in [-0.2, 0) is 11.3 Å². The van der Waals surface area contributed by atoms with Gasteiger partial charge in [-0.25, -0.2) is 9.59 Å². The summed E-state index contributed by atoms with van der Waals surface area (Å²) in [5, 5.41) is 9.03. The number of aromatic carboxylic acids is 1. The lowest BCUT2D eigenvalue weighted by molar-refractivity contribution is 0.0187. The minimum absolute atomic E-state index is 0.181. The van der Waals surface area contributed by atoms with E-state index >= 15 is 0 Å². The van der Waals surface area contributed by atoms with E-state index in [1.54, 1.807) is 23.1 Å². The Hall–Kier alpha value is -2.04. The first-order chi connectivity index (χ1) is 9.19. The molecule has 1 amide bonds. The molecule has 0 radical (unpaired) electrons. The molecule has 1 atom stereocenters. The van der Waals surface area contributed by atoms with E-state index in [4.69, 9.17) is 9.84 Å². The van der Waals surface area contributed by atoms with E-state index in [0.29, 0.717) is 6.54 Å². The van der Waals surface area contributed by atoms with Crippen LogP contribution in [0.15, 0.2) is 18.2 Å². The molecular formula is C15H19NO4. The van der Waals surface area contributed by atoms with Crippen LogP contribution in [0.4, 0.5) is 4.79 Å². The fourth-order valence-corrected chi connectivity index (χ4v) is 2.29. The van der Waals surface area contributed by atoms with Gasteiger partial charge in [-0.3, -0.25) is 4.90 Å². The number of carboxylic acids is 1. The molecular weight excluding hydrogens is 258 g/mol. The quantitative estimate of drug-likeness (QED) is 0.856. The molecule has 0 spiro atoms. The molecule has 0 aromatic heterocycles. The smallest absolute Gasteiger partial charge is 0.411 e. The molecule has 1 unspecified atom stereocenters. The predicted octanol–water partition coefficient (Wildman–Crippen LogP) is 3.20. The first-order valence-corrected chi connectivity index (χ1v) is 6.55. The maximum Gasteiger partial charge on any atom is 0.411 e. The molecule has 5 nitrogen and oxygen atoms in total. The van der Waals surface area contributed by atoms with E-state index in [2.05, 4.69) is 0 Å². The SMILES string of the molecule is CC1c2cc(C(=O)O)ccc2CN1C(=O)OC(C)(C)C. The van der Waals surface area contributed by atoms with Crippen LogP contribution >= 0.6 is 0 Å². The zero-order chi connectivity index (χ0) is 15.1. The Morgan fingerprint density at radius 2 is 2.00 bits per heavy atom. The number of carbonyl (C=O) groups is 2. The third kappa shape index (κ3) is 2.76. The molecule has 1 aromatic carbocycles. The lowest BCUT2D eigenvalue weighted by Crippen LogP contribution is -2.35. The second-order valence-corrected chi connectivity index (χ2v) is 6.00. The summed E-state index contributed by atoms with van der Waals surface area (Å²) in [6.07, 6.45) is -0.377. The van der Waals surface area contributed by atoms with Gasteiger partial charge < -0.3 is 9.84 Å². The monoisotopic (exact) mass is 277 g/mol. The number of nitrogens with zero attached hydrogens (tertiary/aromatic N) is 1. The Balaban J connectivity index is 2.23. The first kappa shape index (κ1) is 14.4. The number of benzene rings is 1. The fourth-order valence-electron chi connectivity index (χ4n) is 2.29. The standard InChI is InChI=1S/C15H19NO4/c1-9-12-7-10(13(17)18)5-6-11(12)8-16(9)14(19)20-15(2,3)4/h5-7,9H,8H2,1-4H3,(H,17,18). The molecule has 0 bridgehead atoms. The first-order valence-electron chi connectivity index (χ1n) is 6.55. The van der Waals surface area contributed by atoms with Gasteiger partial charge in [0.1, 0.15) is 5.60 Å². The van der Waals surface area contributed by atoms with Gasteiger partial charge in [-0.05, 0) is 51.0 Å². The molecule has 0 fully saturated rings. The van der Waals surface area contributed by atoms with Gasteiger partial charge in [0, 0.05) is 6.54 Å². The van der Waals surface area contributed by atoms with Crippen LogP contribution in [0.3, 0.4) is 0 Å². The summed E-state index contributed by atoms with van der Waals surface area (Å²) in [4.78, 5) is 24.8.